The monoisotopic (exact) mass is 331 g/mol. The van der Waals surface area contributed by atoms with E-state index in [0.29, 0.717) is 17.8 Å². The number of nitrogens with two attached hydrogens (primary N) is 2. The van der Waals surface area contributed by atoms with Gasteiger partial charge in [-0.1, -0.05) is 17.3 Å². The van der Waals surface area contributed by atoms with Crippen molar-refractivity contribution >= 4 is 29.9 Å². The molecule has 1 aliphatic rings. The van der Waals surface area contributed by atoms with Crippen LogP contribution in [0, 0.1) is 5.92 Å². The Balaban J connectivity index is 2.23. The maximum Gasteiger partial charge on any atom is 0.256 e. The van der Waals surface area contributed by atoms with Crippen molar-refractivity contribution in [3.63, 3.8) is 0 Å². The quantitative estimate of drug-likeness (QED) is 0.260. The average molecular weight is 331 g/mol. The number of benzene rings is 1. The van der Waals surface area contributed by atoms with Crippen LogP contribution in [-0.2, 0) is 0 Å². The van der Waals surface area contributed by atoms with Crippen LogP contribution in [0.25, 0.3) is 0 Å². The molecule has 0 radical (unpaired) electrons. The minimum Gasteiger partial charge on any atom is -0.409 e. The molecule has 8 heteroatoms. The molecule has 1 saturated heterocycles. The molecule has 0 aliphatic carbocycles. The predicted molar refractivity (Wildman–Crippen MR) is 93.2 cm³/mol. The van der Waals surface area contributed by atoms with Crippen molar-refractivity contribution in [1.29, 1.82) is 0 Å². The number of nitrogens with one attached hydrogen (secondary N) is 1. The highest BCUT2D eigenvalue weighted by atomic mass is 16.4. The van der Waals surface area contributed by atoms with E-state index in [9.17, 15) is 4.79 Å². The van der Waals surface area contributed by atoms with E-state index in [1.807, 2.05) is 13.0 Å². The Bertz CT molecular complexity index is 658. The van der Waals surface area contributed by atoms with Crippen LogP contribution in [0.15, 0.2) is 34.5 Å². The number of carbonyl (C=O) groups excluding carboxylic acids is 1. The van der Waals surface area contributed by atoms with Gasteiger partial charge in [0.2, 0.25) is 0 Å². The van der Waals surface area contributed by atoms with Gasteiger partial charge in [-0.2, -0.15) is 5.10 Å². The largest absolute Gasteiger partial charge is 0.409 e. The number of amidine groups is 1. The number of hydrazone groups is 1. The van der Waals surface area contributed by atoms with Crippen molar-refractivity contribution in [3.05, 3.63) is 29.8 Å². The summed E-state index contributed by atoms with van der Waals surface area (Å²) in [6.07, 6.45) is 4.28. The summed E-state index contributed by atoms with van der Waals surface area (Å²) in [4.78, 5) is 14.7. The van der Waals surface area contributed by atoms with Crippen LogP contribution in [0.5, 0.6) is 0 Å². The topological polar surface area (TPSA) is 129 Å². The van der Waals surface area contributed by atoms with E-state index < -0.39 is 0 Å². The molecule has 1 aromatic rings. The predicted octanol–water partition coefficient (Wildman–Crippen LogP) is -0.0987. The van der Waals surface area contributed by atoms with Crippen molar-refractivity contribution in [2.75, 3.05) is 12.0 Å². The number of carbonyl (C=O) groups is 1. The smallest absolute Gasteiger partial charge is 0.256 e. The number of oxime groups is 1. The SMILES string of the molecule is C[C@@H]1CC[C@@H](C(N)=NO)CN1C(=O)c1ccccc1N/N=C\C=[NH2+]. The number of rotatable bonds is 5. The van der Waals surface area contributed by atoms with Crippen LogP contribution in [-0.4, -0.2) is 46.9 Å². The number of para-hydroxylation sites is 1. The maximum atomic E-state index is 13.0. The van der Waals surface area contributed by atoms with Gasteiger partial charge in [-0.05, 0) is 31.9 Å². The Labute approximate surface area is 140 Å². The summed E-state index contributed by atoms with van der Waals surface area (Å²) in [6, 6.07) is 7.21. The van der Waals surface area contributed by atoms with Gasteiger partial charge in [-0.25, -0.2) is 0 Å². The van der Waals surface area contributed by atoms with Crippen molar-refractivity contribution < 1.29 is 15.4 Å². The lowest BCUT2D eigenvalue weighted by molar-refractivity contribution is -0.102. The number of anilines is 1. The van der Waals surface area contributed by atoms with Crippen molar-refractivity contribution in [3.8, 4) is 0 Å². The molecule has 1 fully saturated rings. The van der Waals surface area contributed by atoms with Crippen molar-refractivity contribution in [2.45, 2.75) is 25.8 Å². The molecule has 2 atom stereocenters. The molecule has 0 aromatic heterocycles. The first-order chi connectivity index (χ1) is 11.6. The fourth-order valence-corrected chi connectivity index (χ4v) is 2.78. The summed E-state index contributed by atoms with van der Waals surface area (Å²) in [5.41, 5.74) is 9.65. The first-order valence-corrected chi connectivity index (χ1v) is 7.78. The number of piperidine rings is 1. The van der Waals surface area contributed by atoms with Gasteiger partial charge in [0.05, 0.1) is 11.3 Å². The average Bonchev–Trinajstić information content (AvgIpc) is 2.61. The molecule has 24 heavy (non-hydrogen) atoms. The zero-order chi connectivity index (χ0) is 17.5. The van der Waals surface area contributed by atoms with E-state index in [2.05, 4.69) is 15.7 Å². The molecule has 1 amide bonds. The Morgan fingerprint density at radius 3 is 2.92 bits per heavy atom. The number of hydrogen-bond acceptors (Lipinski definition) is 5. The first-order valence-electron chi connectivity index (χ1n) is 7.78. The molecule has 0 saturated carbocycles. The molecule has 1 aliphatic heterocycles. The molecule has 2 rings (SSSR count). The van der Waals surface area contributed by atoms with Crippen LogP contribution in [0.3, 0.4) is 0 Å². The molecule has 0 bridgehead atoms. The van der Waals surface area contributed by atoms with Gasteiger partial charge in [0, 0.05) is 18.5 Å². The summed E-state index contributed by atoms with van der Waals surface area (Å²) < 4.78 is 0. The van der Waals surface area contributed by atoms with Crippen LogP contribution >= 0.6 is 0 Å². The lowest BCUT2D eigenvalue weighted by atomic mass is 9.92. The number of likely N-dealkylation sites (tertiary alicyclic amines) is 1. The third-order valence-corrected chi connectivity index (χ3v) is 4.18. The minimum atomic E-state index is -0.139. The van der Waals surface area contributed by atoms with Crippen LogP contribution in [0.1, 0.15) is 30.1 Å². The second-order valence-electron chi connectivity index (χ2n) is 5.73. The molecule has 8 nitrogen and oxygen atoms in total. The molecule has 128 valence electrons. The Hall–Kier alpha value is -2.90. The van der Waals surface area contributed by atoms with E-state index in [0.717, 1.165) is 12.8 Å². The van der Waals surface area contributed by atoms with E-state index in [4.69, 9.17) is 16.4 Å². The molecule has 6 N–H and O–H groups in total. The minimum absolute atomic E-state index is 0.0779. The third-order valence-electron chi connectivity index (χ3n) is 4.18. The highest BCUT2D eigenvalue weighted by Gasteiger charge is 2.32. The number of nitrogens with zero attached hydrogens (tertiary/aromatic N) is 3. The Morgan fingerprint density at radius 2 is 2.21 bits per heavy atom. The molecule has 0 spiro atoms. The molecule has 0 unspecified atom stereocenters. The second kappa shape index (κ2) is 8.09. The second-order valence-corrected chi connectivity index (χ2v) is 5.73. The number of hydrogen-bond donors (Lipinski definition) is 4. The summed E-state index contributed by atoms with van der Waals surface area (Å²) in [6.45, 7) is 2.42. The van der Waals surface area contributed by atoms with E-state index >= 15 is 0 Å². The van der Waals surface area contributed by atoms with Crippen LogP contribution < -0.4 is 16.6 Å². The van der Waals surface area contributed by atoms with E-state index in [1.54, 1.807) is 23.1 Å². The zero-order valence-corrected chi connectivity index (χ0v) is 13.6. The fourth-order valence-electron chi connectivity index (χ4n) is 2.78. The lowest BCUT2D eigenvalue weighted by Gasteiger charge is -2.37. The molecule has 1 aromatic carbocycles. The fraction of sp³-hybridized carbons (Fsp3) is 0.375. The van der Waals surface area contributed by atoms with Gasteiger partial charge in [0.1, 0.15) is 12.1 Å². The van der Waals surface area contributed by atoms with E-state index in [-0.39, 0.29) is 23.7 Å². The van der Waals surface area contributed by atoms with Crippen LogP contribution in [0.2, 0.25) is 0 Å². The maximum absolute atomic E-state index is 13.0. The molecule has 1 heterocycles. The zero-order valence-electron chi connectivity index (χ0n) is 13.6. The van der Waals surface area contributed by atoms with Gasteiger partial charge in [-0.15, -0.1) is 0 Å². The van der Waals surface area contributed by atoms with Gasteiger partial charge >= 0.3 is 0 Å². The first kappa shape index (κ1) is 17.5. The molecular weight excluding hydrogens is 308 g/mol. The van der Waals surface area contributed by atoms with Crippen LogP contribution in [0.4, 0.5) is 5.69 Å². The van der Waals surface area contributed by atoms with Gasteiger partial charge in [-0.3, -0.25) is 15.6 Å². The standard InChI is InChI=1S/C16H22N6O2/c1-11-6-7-12(15(18)21-24)10-22(11)16(23)13-4-2-3-5-14(13)20-19-9-8-17/h2-5,8-9,11-12,17,20,24H,6-7,10H2,1H3,(H2,18,21)/p+1/b17-8?,19-9-/t11-,12-/m1/s1. The molecular formula is C16H23N6O2+. The highest BCUT2D eigenvalue weighted by Crippen LogP contribution is 2.26. The van der Waals surface area contributed by atoms with Crippen molar-refractivity contribution in [1.82, 2.24) is 4.90 Å². The summed E-state index contributed by atoms with van der Waals surface area (Å²) in [7, 11) is 0. The summed E-state index contributed by atoms with van der Waals surface area (Å²) >= 11 is 0. The Morgan fingerprint density at radius 1 is 1.46 bits per heavy atom. The van der Waals surface area contributed by atoms with Crippen molar-refractivity contribution in [2.24, 2.45) is 21.9 Å². The van der Waals surface area contributed by atoms with E-state index in [1.165, 1.54) is 12.4 Å². The number of amides is 1. The lowest BCUT2D eigenvalue weighted by Crippen LogP contribution is -2.48. The van der Waals surface area contributed by atoms with Gasteiger partial charge in [0.15, 0.2) is 6.21 Å². The highest BCUT2D eigenvalue weighted by molar-refractivity contribution is 6.13. The van der Waals surface area contributed by atoms with Gasteiger partial charge in [0.25, 0.3) is 5.91 Å². The van der Waals surface area contributed by atoms with Gasteiger partial charge < -0.3 is 15.8 Å². The Kier molecular flexibility index (Phi) is 5.89. The third kappa shape index (κ3) is 3.89. The summed E-state index contributed by atoms with van der Waals surface area (Å²) in [5.74, 6) is -0.0951. The summed E-state index contributed by atoms with van der Waals surface area (Å²) in [5, 5.41) is 21.1. The normalized spacial score (nSPS) is 21.7.